The second kappa shape index (κ2) is 16.7. The summed E-state index contributed by atoms with van der Waals surface area (Å²) in [4.78, 5) is 12.4. The molecule has 2 fully saturated rings. The minimum atomic E-state index is -2.85. The van der Waals surface area contributed by atoms with Crippen LogP contribution >= 0.6 is 6.89 Å². The van der Waals surface area contributed by atoms with Gasteiger partial charge in [-0.2, -0.15) is 5.45 Å². The van der Waals surface area contributed by atoms with Crippen molar-refractivity contribution in [2.75, 3.05) is 0 Å². The summed E-state index contributed by atoms with van der Waals surface area (Å²) in [5.41, 5.74) is 3.20. The first-order valence-corrected chi connectivity index (χ1v) is 12.7. The van der Waals surface area contributed by atoms with Crippen molar-refractivity contribution in [3.8, 4) is 0 Å². The molecular formula is C31H26O2PZr-. The average Bonchev–Trinajstić information content (AvgIpc) is 3.66. The predicted molar refractivity (Wildman–Crippen MR) is 145 cm³/mol. The molecule has 2 aliphatic rings. The fourth-order valence-corrected chi connectivity index (χ4v) is 5.90. The third-order valence-corrected chi connectivity index (χ3v) is 8.07. The summed E-state index contributed by atoms with van der Waals surface area (Å²) in [5.74, 6) is 0. The fourth-order valence-electron chi connectivity index (χ4n) is 3.18. The van der Waals surface area contributed by atoms with E-state index >= 15 is 0 Å². The van der Waals surface area contributed by atoms with E-state index in [1.165, 1.54) is 0 Å². The van der Waals surface area contributed by atoms with E-state index < -0.39 is 12.6 Å². The maximum Gasteiger partial charge on any atom is 0.338 e. The molecule has 0 unspecified atom stereocenters. The number of carboxylic acid groups (broad SMARTS) is 1. The average molecular weight is 553 g/mol. The molecule has 1 N–H and O–H groups in total. The molecule has 0 bridgehead atoms. The molecule has 5 rings (SSSR count). The maximum atomic E-state index is 12.4. The molecule has 0 heterocycles. The standard InChI is InChI=1S/C21H16O2P.2C5H5.Zr/c22-21(23)24(19-12-6-2-7-13-19,20-14-8-3-9-15-20)17-16-18-10-4-1-5-11-18;2*1-2-4-5-3-1;/h1-10,12-16H,(H,22,23);2*1-5H;/q-1;;;. The van der Waals surface area contributed by atoms with E-state index in [1.54, 1.807) is 12.1 Å². The Hall–Kier alpha value is -1.91. The van der Waals surface area contributed by atoms with E-state index in [0.29, 0.717) is 0 Å². The van der Waals surface area contributed by atoms with Gasteiger partial charge < -0.3 is 5.11 Å². The van der Waals surface area contributed by atoms with Gasteiger partial charge in [0.25, 0.3) is 0 Å². The zero-order valence-corrected chi connectivity index (χ0v) is 22.6. The van der Waals surface area contributed by atoms with Gasteiger partial charge in [-0.25, -0.2) is 4.79 Å². The van der Waals surface area contributed by atoms with Crippen molar-refractivity contribution in [2.24, 2.45) is 0 Å². The predicted octanol–water partition coefficient (Wildman–Crippen LogP) is 6.29. The Kier molecular flexibility index (Phi) is 14.0. The van der Waals surface area contributed by atoms with Crippen molar-refractivity contribution in [3.05, 3.63) is 161 Å². The molecular weight excluding hydrogens is 527 g/mol. The Balaban J connectivity index is 0.000000324. The largest absolute Gasteiger partial charge is 0.477 e. The Morgan fingerprint density at radius 2 is 1.06 bits per heavy atom. The normalized spacial score (nSPS) is 14.2. The fraction of sp³-hybridized carbons (Fsp3) is 0. The van der Waals surface area contributed by atoms with Crippen molar-refractivity contribution < 1.29 is 36.1 Å². The van der Waals surface area contributed by atoms with E-state index in [1.807, 2.05) is 143 Å². The van der Waals surface area contributed by atoms with Crippen molar-refractivity contribution in [2.45, 2.75) is 0 Å². The Bertz CT molecular complexity index is 998. The Labute approximate surface area is 230 Å². The summed E-state index contributed by atoms with van der Waals surface area (Å²) < 4.78 is 0. The first-order valence-electron chi connectivity index (χ1n) is 10.9. The monoisotopic (exact) mass is 551 g/mol. The van der Waals surface area contributed by atoms with Crippen LogP contribution in [0.2, 0.25) is 0 Å². The molecule has 3 aromatic carbocycles. The topological polar surface area (TPSA) is 37.3 Å². The van der Waals surface area contributed by atoms with Crippen LogP contribution in [0.15, 0.2) is 84.9 Å². The van der Waals surface area contributed by atoms with Crippen molar-refractivity contribution in [3.63, 3.8) is 0 Å². The summed E-state index contributed by atoms with van der Waals surface area (Å²) in [7, 11) is 0. The number of benzene rings is 3. The zero-order valence-electron chi connectivity index (χ0n) is 19.2. The molecule has 0 aliphatic heterocycles. The maximum absolute atomic E-state index is 12.4. The van der Waals surface area contributed by atoms with Gasteiger partial charge in [0.15, 0.2) is 0 Å². The van der Waals surface area contributed by atoms with Crippen LogP contribution in [0, 0.1) is 70.3 Å². The quantitative estimate of drug-likeness (QED) is 0.305. The van der Waals surface area contributed by atoms with Gasteiger partial charge in [-0.05, 0) is 74.8 Å². The van der Waals surface area contributed by atoms with E-state index in [-0.39, 0.29) is 26.2 Å². The SMILES string of the molecule is O=C(O)P(=C=Cc1[c-]cccc1)(c1ccccc1)c1ccccc1.[CH]1[CH][CH][CH][CH]1.[CH]1[CH][CH][CH][CH]1.[Zr]. The van der Waals surface area contributed by atoms with Gasteiger partial charge in [-0.15, -0.1) is 35.9 Å². The molecule has 35 heavy (non-hydrogen) atoms. The van der Waals surface area contributed by atoms with E-state index in [9.17, 15) is 9.90 Å². The summed E-state index contributed by atoms with van der Waals surface area (Å²) in [6.07, 6.45) is 21.7. The summed E-state index contributed by atoms with van der Waals surface area (Å²) in [6.45, 7) is -2.85. The van der Waals surface area contributed by atoms with E-state index in [2.05, 4.69) is 11.5 Å². The Morgan fingerprint density at radius 1 is 0.657 bits per heavy atom. The second-order valence-corrected chi connectivity index (χ2v) is 10.2. The van der Waals surface area contributed by atoms with Gasteiger partial charge in [-0.1, -0.05) is 66.7 Å². The van der Waals surface area contributed by atoms with Crippen LogP contribution in [0.25, 0.3) is 6.08 Å². The molecule has 2 aliphatic carbocycles. The van der Waals surface area contributed by atoms with Crippen LogP contribution in [0.4, 0.5) is 4.79 Å². The minimum Gasteiger partial charge on any atom is -0.477 e. The summed E-state index contributed by atoms with van der Waals surface area (Å²) in [6, 6.07) is 29.3. The third kappa shape index (κ3) is 9.24. The first-order chi connectivity index (χ1) is 16.7. The second-order valence-electron chi connectivity index (χ2n) is 7.14. The summed E-state index contributed by atoms with van der Waals surface area (Å²) >= 11 is 0. The van der Waals surface area contributed by atoms with Crippen molar-refractivity contribution in [1.82, 2.24) is 0 Å². The Morgan fingerprint density at radius 3 is 1.40 bits per heavy atom. The molecule has 10 radical (unpaired) electrons. The molecule has 0 amide bonds. The number of rotatable bonds is 4. The minimum absolute atomic E-state index is 0. The number of hydrogen-bond donors (Lipinski definition) is 1. The van der Waals surface area contributed by atoms with Gasteiger partial charge in [0.1, 0.15) is 0 Å². The van der Waals surface area contributed by atoms with Crippen molar-refractivity contribution in [1.29, 1.82) is 0 Å². The van der Waals surface area contributed by atoms with Gasteiger partial charge in [0, 0.05) is 26.2 Å². The van der Waals surface area contributed by atoms with Crippen LogP contribution in [-0.2, 0) is 26.2 Å². The van der Waals surface area contributed by atoms with Crippen LogP contribution in [0.3, 0.4) is 0 Å². The van der Waals surface area contributed by atoms with Gasteiger partial charge in [0.05, 0.1) is 6.89 Å². The van der Waals surface area contributed by atoms with Gasteiger partial charge in [0.2, 0.25) is 0 Å². The van der Waals surface area contributed by atoms with Crippen LogP contribution in [0.1, 0.15) is 5.56 Å². The third-order valence-electron chi connectivity index (χ3n) is 4.83. The zero-order chi connectivity index (χ0) is 23.9. The van der Waals surface area contributed by atoms with Gasteiger partial charge in [-0.3, -0.25) is 0 Å². The molecule has 4 heteroatoms. The van der Waals surface area contributed by atoms with E-state index in [0.717, 1.165) is 16.2 Å². The number of carbonyl (C=O) groups is 1. The van der Waals surface area contributed by atoms with Crippen LogP contribution in [0.5, 0.6) is 0 Å². The molecule has 2 saturated carbocycles. The van der Waals surface area contributed by atoms with Gasteiger partial charge >= 0.3 is 5.71 Å². The van der Waals surface area contributed by atoms with Crippen molar-refractivity contribution >= 4 is 34.7 Å². The van der Waals surface area contributed by atoms with Crippen LogP contribution in [-0.4, -0.2) is 16.3 Å². The smallest absolute Gasteiger partial charge is 0.338 e. The van der Waals surface area contributed by atoms with E-state index in [4.69, 9.17) is 0 Å². The first kappa shape index (κ1) is 29.3. The molecule has 2 nitrogen and oxygen atoms in total. The molecule has 0 spiro atoms. The molecule has 3 aromatic rings. The molecule has 172 valence electrons. The molecule has 0 aromatic heterocycles. The summed E-state index contributed by atoms with van der Waals surface area (Å²) in [5, 5.41) is 11.7. The number of hydrogen-bond acceptors (Lipinski definition) is 1. The molecule has 0 atom stereocenters. The van der Waals surface area contributed by atoms with Crippen LogP contribution < -0.4 is 10.6 Å². The molecule has 0 saturated heterocycles.